The first kappa shape index (κ1) is 14.9. The molecule has 1 aliphatic rings. The van der Waals surface area contributed by atoms with Crippen LogP contribution in [-0.2, 0) is 14.6 Å². The van der Waals surface area contributed by atoms with E-state index in [1.54, 1.807) is 7.11 Å². The van der Waals surface area contributed by atoms with E-state index in [9.17, 15) is 8.42 Å². The fourth-order valence-electron chi connectivity index (χ4n) is 1.91. The zero-order chi connectivity index (χ0) is 12.7. The molecule has 0 spiro atoms. The van der Waals surface area contributed by atoms with Crippen LogP contribution in [-0.4, -0.2) is 71.3 Å². The van der Waals surface area contributed by atoms with E-state index in [0.29, 0.717) is 17.5 Å². The third-order valence-electron chi connectivity index (χ3n) is 3.16. The lowest BCUT2D eigenvalue weighted by atomic mass is 10.1. The monoisotopic (exact) mass is 264 g/mol. The van der Waals surface area contributed by atoms with Gasteiger partial charge in [-0.05, 0) is 19.9 Å². The van der Waals surface area contributed by atoms with E-state index in [4.69, 9.17) is 4.74 Å². The zero-order valence-electron chi connectivity index (χ0n) is 10.8. The van der Waals surface area contributed by atoms with Crippen LogP contribution in [0.3, 0.4) is 0 Å². The van der Waals surface area contributed by atoms with Crippen molar-refractivity contribution in [2.24, 2.45) is 0 Å². The molecule has 1 saturated heterocycles. The van der Waals surface area contributed by atoms with Crippen LogP contribution in [0.1, 0.15) is 12.8 Å². The van der Waals surface area contributed by atoms with Gasteiger partial charge in [-0.3, -0.25) is 0 Å². The summed E-state index contributed by atoms with van der Waals surface area (Å²) < 4.78 is 27.5. The summed E-state index contributed by atoms with van der Waals surface area (Å²) in [6.07, 6.45) is 1.51. The average molecular weight is 264 g/mol. The van der Waals surface area contributed by atoms with Gasteiger partial charge in [-0.2, -0.15) is 0 Å². The molecule has 1 heterocycles. The van der Waals surface area contributed by atoms with Crippen LogP contribution in [0.25, 0.3) is 0 Å². The van der Waals surface area contributed by atoms with Crippen molar-refractivity contribution < 1.29 is 13.2 Å². The first-order chi connectivity index (χ1) is 8.03. The number of ether oxygens (including phenoxy) is 1. The van der Waals surface area contributed by atoms with Crippen LogP contribution in [0.15, 0.2) is 0 Å². The van der Waals surface area contributed by atoms with Crippen LogP contribution in [0.4, 0.5) is 0 Å². The van der Waals surface area contributed by atoms with Gasteiger partial charge < -0.3 is 15.0 Å². The molecule has 0 saturated carbocycles. The molecule has 102 valence electrons. The summed E-state index contributed by atoms with van der Waals surface area (Å²) in [6, 6.07) is 0.370. The molecule has 5 nitrogen and oxygen atoms in total. The molecule has 0 amide bonds. The summed E-state index contributed by atoms with van der Waals surface area (Å²) in [5.74, 6) is 0.675. The van der Waals surface area contributed by atoms with Gasteiger partial charge in [0.1, 0.15) is 9.84 Å². The number of likely N-dealkylation sites (N-methyl/N-ethyl adjacent to an activating group) is 1. The second kappa shape index (κ2) is 7.31. The molecule has 17 heavy (non-hydrogen) atoms. The molecule has 6 heteroatoms. The average Bonchev–Trinajstić information content (AvgIpc) is 2.29. The molecule has 1 rings (SSSR count). The molecular weight excluding hydrogens is 240 g/mol. The van der Waals surface area contributed by atoms with Crippen molar-refractivity contribution in [1.29, 1.82) is 0 Å². The maximum Gasteiger partial charge on any atom is 0.150 e. The molecule has 1 fully saturated rings. The third-order valence-corrected chi connectivity index (χ3v) is 4.87. The van der Waals surface area contributed by atoms with Gasteiger partial charge in [-0.15, -0.1) is 0 Å². The molecule has 0 aromatic carbocycles. The topological polar surface area (TPSA) is 58.6 Å². The van der Waals surface area contributed by atoms with Gasteiger partial charge in [0.25, 0.3) is 0 Å². The van der Waals surface area contributed by atoms with Crippen LogP contribution in [0.5, 0.6) is 0 Å². The Labute approximate surface area is 104 Å². The minimum atomic E-state index is -2.74. The van der Waals surface area contributed by atoms with Gasteiger partial charge in [0.05, 0.1) is 18.1 Å². The predicted octanol–water partition coefficient (Wildman–Crippen LogP) is -0.269. The smallest absolute Gasteiger partial charge is 0.150 e. The van der Waals surface area contributed by atoms with Crippen LogP contribution < -0.4 is 5.32 Å². The lowest BCUT2D eigenvalue weighted by Gasteiger charge is -2.24. The summed E-state index contributed by atoms with van der Waals surface area (Å²) in [4.78, 5) is 2.20. The Morgan fingerprint density at radius 2 is 1.94 bits per heavy atom. The van der Waals surface area contributed by atoms with Crippen molar-refractivity contribution in [3.8, 4) is 0 Å². The Bertz CT molecular complexity index is 292. The predicted molar refractivity (Wildman–Crippen MR) is 69.1 cm³/mol. The van der Waals surface area contributed by atoms with E-state index in [-0.39, 0.29) is 0 Å². The summed E-state index contributed by atoms with van der Waals surface area (Å²) in [5.41, 5.74) is 0. The number of hydrogen-bond acceptors (Lipinski definition) is 5. The Morgan fingerprint density at radius 1 is 1.29 bits per heavy atom. The zero-order valence-corrected chi connectivity index (χ0v) is 11.6. The molecular formula is C11H24N2O3S. The lowest BCUT2D eigenvalue weighted by Crippen LogP contribution is -2.41. The standard InChI is InChI=1S/C11H24N2O3S/c1-13(7-8-16-2)6-5-12-11-3-9-17(14,15)10-4-11/h11-12H,3-10H2,1-2H3. The second-order valence-electron chi connectivity index (χ2n) is 4.68. The summed E-state index contributed by atoms with van der Waals surface area (Å²) >= 11 is 0. The number of sulfone groups is 1. The fourth-order valence-corrected chi connectivity index (χ4v) is 3.40. The lowest BCUT2D eigenvalue weighted by molar-refractivity contribution is 0.161. The Morgan fingerprint density at radius 3 is 2.53 bits per heavy atom. The Hall–Kier alpha value is -0.170. The van der Waals surface area contributed by atoms with Gasteiger partial charge in [-0.25, -0.2) is 8.42 Å². The van der Waals surface area contributed by atoms with Crippen LogP contribution >= 0.6 is 0 Å². The van der Waals surface area contributed by atoms with Gasteiger partial charge in [0.2, 0.25) is 0 Å². The van der Waals surface area contributed by atoms with E-state index >= 15 is 0 Å². The van der Waals surface area contributed by atoms with Gasteiger partial charge in [-0.1, -0.05) is 0 Å². The number of nitrogens with zero attached hydrogens (tertiary/aromatic N) is 1. The number of rotatable bonds is 7. The van der Waals surface area contributed by atoms with E-state index in [1.807, 2.05) is 0 Å². The van der Waals surface area contributed by atoms with Gasteiger partial charge in [0.15, 0.2) is 0 Å². The summed E-state index contributed by atoms with van der Waals surface area (Å²) in [6.45, 7) is 3.55. The van der Waals surface area contributed by atoms with E-state index < -0.39 is 9.84 Å². The third kappa shape index (κ3) is 6.35. The highest BCUT2D eigenvalue weighted by molar-refractivity contribution is 7.91. The maximum atomic E-state index is 11.2. The molecule has 0 atom stereocenters. The number of hydrogen-bond donors (Lipinski definition) is 1. The Balaban J connectivity index is 2.07. The van der Waals surface area contributed by atoms with Crippen molar-refractivity contribution in [3.05, 3.63) is 0 Å². The highest BCUT2D eigenvalue weighted by Crippen LogP contribution is 2.11. The molecule has 0 aromatic rings. The van der Waals surface area contributed by atoms with E-state index in [1.165, 1.54) is 0 Å². The molecule has 1 aliphatic heterocycles. The maximum absolute atomic E-state index is 11.2. The van der Waals surface area contributed by atoms with Gasteiger partial charge in [0, 0.05) is 32.8 Å². The van der Waals surface area contributed by atoms with E-state index in [2.05, 4.69) is 17.3 Å². The van der Waals surface area contributed by atoms with Crippen LogP contribution in [0, 0.1) is 0 Å². The minimum Gasteiger partial charge on any atom is -0.383 e. The SMILES string of the molecule is COCCN(C)CCNC1CCS(=O)(=O)CC1. The van der Waals surface area contributed by atoms with Crippen molar-refractivity contribution >= 4 is 9.84 Å². The number of methoxy groups -OCH3 is 1. The van der Waals surface area contributed by atoms with Crippen molar-refractivity contribution in [2.45, 2.75) is 18.9 Å². The quantitative estimate of drug-likeness (QED) is 0.686. The first-order valence-electron chi connectivity index (χ1n) is 6.15. The molecule has 0 aromatic heterocycles. The molecule has 0 radical (unpaired) electrons. The molecule has 0 unspecified atom stereocenters. The van der Waals surface area contributed by atoms with E-state index in [0.717, 1.165) is 39.1 Å². The van der Waals surface area contributed by atoms with Crippen LogP contribution in [0.2, 0.25) is 0 Å². The first-order valence-corrected chi connectivity index (χ1v) is 7.97. The minimum absolute atomic E-state index is 0.337. The molecule has 1 N–H and O–H groups in total. The fraction of sp³-hybridized carbons (Fsp3) is 1.00. The van der Waals surface area contributed by atoms with Gasteiger partial charge >= 0.3 is 0 Å². The molecule has 0 bridgehead atoms. The largest absolute Gasteiger partial charge is 0.383 e. The highest BCUT2D eigenvalue weighted by atomic mass is 32.2. The van der Waals surface area contributed by atoms with Crippen molar-refractivity contribution in [3.63, 3.8) is 0 Å². The molecule has 0 aliphatic carbocycles. The number of nitrogens with one attached hydrogen (secondary N) is 1. The highest BCUT2D eigenvalue weighted by Gasteiger charge is 2.22. The summed E-state index contributed by atoms with van der Waals surface area (Å²) in [7, 11) is 1.03. The second-order valence-corrected chi connectivity index (χ2v) is 6.98. The normalized spacial score (nSPS) is 20.9. The van der Waals surface area contributed by atoms with Crippen molar-refractivity contribution in [2.75, 3.05) is 51.9 Å². The summed E-state index contributed by atoms with van der Waals surface area (Å²) in [5, 5.41) is 3.42. The van der Waals surface area contributed by atoms with Crippen molar-refractivity contribution in [1.82, 2.24) is 10.2 Å². The Kier molecular flexibility index (Phi) is 6.40.